The van der Waals surface area contributed by atoms with E-state index >= 15 is 0 Å². The highest BCUT2D eigenvalue weighted by Crippen LogP contribution is 2.23. The molecule has 1 heterocycles. The van der Waals surface area contributed by atoms with E-state index in [1.54, 1.807) is 30.3 Å². The Morgan fingerprint density at radius 1 is 1.14 bits per heavy atom. The van der Waals surface area contributed by atoms with Gasteiger partial charge in [-0.3, -0.25) is 9.69 Å². The smallest absolute Gasteiger partial charge is 0.243 e. The quantitative estimate of drug-likeness (QED) is 0.714. The van der Waals surface area contributed by atoms with E-state index in [9.17, 15) is 17.6 Å². The fraction of sp³-hybridized carbons (Fsp3) is 0.381. The molecule has 0 aromatic heterocycles. The Balaban J connectivity index is 1.54. The maximum absolute atomic E-state index is 13.0. The molecule has 0 aliphatic carbocycles. The second-order valence-electron chi connectivity index (χ2n) is 7.30. The molecule has 29 heavy (non-hydrogen) atoms. The van der Waals surface area contributed by atoms with E-state index in [1.807, 2.05) is 11.9 Å². The summed E-state index contributed by atoms with van der Waals surface area (Å²) in [4.78, 5) is 14.4. The maximum atomic E-state index is 13.0. The largest absolute Gasteiger partial charge is 0.325 e. The first-order chi connectivity index (χ1) is 13.8. The molecule has 156 valence electrons. The molecule has 0 radical (unpaired) electrons. The molecule has 0 spiro atoms. The van der Waals surface area contributed by atoms with Crippen LogP contribution >= 0.6 is 0 Å². The molecule has 0 atom stereocenters. The molecule has 2 aromatic rings. The van der Waals surface area contributed by atoms with Gasteiger partial charge in [-0.1, -0.05) is 18.2 Å². The molecule has 1 saturated heterocycles. The van der Waals surface area contributed by atoms with E-state index in [4.69, 9.17) is 0 Å². The number of halogens is 1. The molecule has 0 unspecified atom stereocenters. The number of rotatable bonds is 8. The first kappa shape index (κ1) is 21.4. The van der Waals surface area contributed by atoms with Crippen LogP contribution in [0.1, 0.15) is 18.4 Å². The summed E-state index contributed by atoms with van der Waals surface area (Å²) in [6, 6.07) is 12.7. The number of likely N-dealkylation sites (N-methyl/N-ethyl adjacent to an activating group) is 1. The average Bonchev–Trinajstić information content (AvgIpc) is 3.23. The van der Waals surface area contributed by atoms with Crippen LogP contribution in [0.5, 0.6) is 0 Å². The van der Waals surface area contributed by atoms with E-state index in [-0.39, 0.29) is 23.2 Å². The lowest BCUT2D eigenvalue weighted by Gasteiger charge is -2.18. The number of carbonyl (C=O) groups excluding carboxylic acids is 1. The van der Waals surface area contributed by atoms with Gasteiger partial charge in [-0.15, -0.1) is 0 Å². The highest BCUT2D eigenvalue weighted by Gasteiger charge is 2.27. The third kappa shape index (κ3) is 5.85. The topological polar surface area (TPSA) is 69.7 Å². The van der Waals surface area contributed by atoms with Crippen molar-refractivity contribution in [3.8, 4) is 0 Å². The van der Waals surface area contributed by atoms with E-state index in [0.717, 1.165) is 18.4 Å². The summed E-state index contributed by atoms with van der Waals surface area (Å²) in [6.45, 7) is 1.89. The number of hydrogen-bond donors (Lipinski definition) is 1. The van der Waals surface area contributed by atoms with Gasteiger partial charge in [0, 0.05) is 25.3 Å². The number of anilines is 1. The van der Waals surface area contributed by atoms with Gasteiger partial charge in [-0.2, -0.15) is 4.31 Å². The van der Waals surface area contributed by atoms with Gasteiger partial charge in [-0.25, -0.2) is 12.8 Å². The van der Waals surface area contributed by atoms with Gasteiger partial charge in [0.25, 0.3) is 0 Å². The van der Waals surface area contributed by atoms with Crippen LogP contribution in [0, 0.1) is 5.82 Å². The predicted molar refractivity (Wildman–Crippen MR) is 111 cm³/mol. The SMILES string of the molecule is CN(CCc1ccc(F)cc1)CC(=O)Nc1cccc(S(=O)(=O)N2CCCC2)c1. The first-order valence-corrected chi connectivity index (χ1v) is 11.1. The van der Waals surface area contributed by atoms with Gasteiger partial charge in [0.15, 0.2) is 0 Å². The summed E-state index contributed by atoms with van der Waals surface area (Å²) in [7, 11) is -1.69. The molecule has 6 nitrogen and oxygen atoms in total. The van der Waals surface area contributed by atoms with E-state index in [0.29, 0.717) is 31.7 Å². The Kier molecular flexibility index (Phi) is 7.00. The van der Waals surface area contributed by atoms with E-state index in [1.165, 1.54) is 22.5 Å². The molecule has 8 heteroatoms. The minimum Gasteiger partial charge on any atom is -0.325 e. The van der Waals surface area contributed by atoms with Gasteiger partial charge >= 0.3 is 0 Å². The molecule has 0 saturated carbocycles. The number of hydrogen-bond acceptors (Lipinski definition) is 4. The first-order valence-electron chi connectivity index (χ1n) is 9.68. The highest BCUT2D eigenvalue weighted by molar-refractivity contribution is 7.89. The standard InChI is InChI=1S/C21H26FN3O3S/c1-24(14-11-17-7-9-18(22)10-8-17)16-21(26)23-19-5-4-6-20(15-19)29(27,28)25-12-2-3-13-25/h4-10,15H,2-3,11-14,16H2,1H3,(H,23,26). The van der Waals surface area contributed by atoms with Crippen molar-refractivity contribution in [1.82, 2.24) is 9.21 Å². The minimum absolute atomic E-state index is 0.171. The lowest BCUT2D eigenvalue weighted by atomic mass is 10.1. The molecule has 1 aliphatic heterocycles. The molecular formula is C21H26FN3O3S. The Hall–Kier alpha value is -2.29. The predicted octanol–water partition coefficient (Wildman–Crippen LogP) is 2.72. The lowest BCUT2D eigenvalue weighted by molar-refractivity contribution is -0.117. The minimum atomic E-state index is -3.52. The molecule has 1 aliphatic rings. The van der Waals surface area contributed by atoms with Crippen LogP contribution in [-0.2, 0) is 21.2 Å². The normalized spacial score (nSPS) is 15.0. The maximum Gasteiger partial charge on any atom is 0.243 e. The Morgan fingerprint density at radius 3 is 2.52 bits per heavy atom. The molecule has 0 bridgehead atoms. The van der Waals surface area contributed by atoms with Crippen molar-refractivity contribution in [2.24, 2.45) is 0 Å². The van der Waals surface area contributed by atoms with Crippen molar-refractivity contribution in [1.29, 1.82) is 0 Å². The number of sulfonamides is 1. The van der Waals surface area contributed by atoms with Gasteiger partial charge in [0.2, 0.25) is 15.9 Å². The second kappa shape index (κ2) is 9.47. The molecule has 1 fully saturated rings. The van der Waals surface area contributed by atoms with Crippen LogP contribution < -0.4 is 5.32 Å². The summed E-state index contributed by atoms with van der Waals surface area (Å²) in [5.74, 6) is -0.488. The Labute approximate surface area is 171 Å². The molecule has 2 aromatic carbocycles. The van der Waals surface area contributed by atoms with Crippen molar-refractivity contribution < 1.29 is 17.6 Å². The third-order valence-corrected chi connectivity index (χ3v) is 6.82. The molecule has 1 amide bonds. The Bertz CT molecular complexity index is 942. The monoisotopic (exact) mass is 419 g/mol. The summed E-state index contributed by atoms with van der Waals surface area (Å²) >= 11 is 0. The number of nitrogens with one attached hydrogen (secondary N) is 1. The summed E-state index contributed by atoms with van der Waals surface area (Å²) in [6.07, 6.45) is 2.45. The van der Waals surface area contributed by atoms with E-state index < -0.39 is 10.0 Å². The van der Waals surface area contributed by atoms with Gasteiger partial charge in [0.05, 0.1) is 11.4 Å². The van der Waals surface area contributed by atoms with Gasteiger partial charge in [-0.05, 0) is 62.2 Å². The fourth-order valence-corrected chi connectivity index (χ4v) is 4.87. The van der Waals surface area contributed by atoms with E-state index in [2.05, 4.69) is 5.32 Å². The van der Waals surface area contributed by atoms with Gasteiger partial charge in [0.1, 0.15) is 5.82 Å². The molecular weight excluding hydrogens is 393 g/mol. The summed E-state index contributed by atoms with van der Waals surface area (Å²) < 4.78 is 39.8. The van der Waals surface area contributed by atoms with Gasteiger partial charge < -0.3 is 5.32 Å². The highest BCUT2D eigenvalue weighted by atomic mass is 32.2. The summed E-state index contributed by atoms with van der Waals surface area (Å²) in [5, 5.41) is 2.77. The van der Waals surface area contributed by atoms with Crippen LogP contribution in [0.2, 0.25) is 0 Å². The number of amides is 1. The zero-order valence-electron chi connectivity index (χ0n) is 16.5. The van der Waals surface area contributed by atoms with Crippen molar-refractivity contribution >= 4 is 21.6 Å². The number of benzene rings is 2. The zero-order chi connectivity index (χ0) is 20.9. The van der Waals surface area contributed by atoms with Crippen LogP contribution in [0.25, 0.3) is 0 Å². The van der Waals surface area contributed by atoms with Crippen molar-refractivity contribution in [2.75, 3.05) is 38.5 Å². The van der Waals surface area contributed by atoms with Crippen molar-refractivity contribution in [3.63, 3.8) is 0 Å². The molecule has 1 N–H and O–H groups in total. The molecule has 3 rings (SSSR count). The third-order valence-electron chi connectivity index (χ3n) is 4.93. The zero-order valence-corrected chi connectivity index (χ0v) is 17.3. The van der Waals surface area contributed by atoms with Crippen LogP contribution in [0.3, 0.4) is 0 Å². The van der Waals surface area contributed by atoms with Crippen molar-refractivity contribution in [2.45, 2.75) is 24.2 Å². The second-order valence-corrected chi connectivity index (χ2v) is 9.24. The van der Waals surface area contributed by atoms with Crippen molar-refractivity contribution in [3.05, 3.63) is 59.9 Å². The number of carbonyl (C=O) groups is 1. The summed E-state index contributed by atoms with van der Waals surface area (Å²) in [5.41, 5.74) is 1.46. The Morgan fingerprint density at radius 2 is 1.83 bits per heavy atom. The lowest BCUT2D eigenvalue weighted by Crippen LogP contribution is -2.31. The average molecular weight is 420 g/mol. The van der Waals surface area contributed by atoms with Crippen LogP contribution in [-0.4, -0.2) is 56.8 Å². The van der Waals surface area contributed by atoms with Crippen LogP contribution in [0.15, 0.2) is 53.4 Å². The van der Waals surface area contributed by atoms with Crippen LogP contribution in [0.4, 0.5) is 10.1 Å². The number of nitrogens with zero attached hydrogens (tertiary/aromatic N) is 2. The fourth-order valence-electron chi connectivity index (χ4n) is 3.31.